The third-order valence-corrected chi connectivity index (χ3v) is 4.43. The van der Waals surface area contributed by atoms with Gasteiger partial charge in [-0.05, 0) is 42.2 Å². The van der Waals surface area contributed by atoms with E-state index in [2.05, 4.69) is 30.3 Å². The molecular weight excluding hydrogens is 168 g/mol. The van der Waals surface area contributed by atoms with E-state index in [-0.39, 0.29) is 0 Å². The van der Waals surface area contributed by atoms with E-state index >= 15 is 0 Å². The first-order chi connectivity index (χ1) is 6.93. The molecule has 0 heteroatoms. The van der Waals surface area contributed by atoms with Crippen LogP contribution in [0, 0.1) is 11.8 Å². The zero-order valence-electron chi connectivity index (χ0n) is 8.24. The Morgan fingerprint density at radius 2 is 2.00 bits per heavy atom. The van der Waals surface area contributed by atoms with E-state index in [0.717, 1.165) is 17.8 Å². The van der Waals surface area contributed by atoms with Crippen molar-refractivity contribution in [2.45, 2.75) is 25.2 Å². The summed E-state index contributed by atoms with van der Waals surface area (Å²) in [6, 6.07) is 8.98. The van der Waals surface area contributed by atoms with Crippen LogP contribution in [-0.2, 0) is 0 Å². The summed E-state index contributed by atoms with van der Waals surface area (Å²) in [6.45, 7) is 0. The van der Waals surface area contributed by atoms with Crippen LogP contribution in [0.2, 0.25) is 0 Å². The Bertz CT molecular complexity index is 427. The summed E-state index contributed by atoms with van der Waals surface area (Å²) in [6.07, 6.45) is 6.89. The third kappa shape index (κ3) is 0.716. The van der Waals surface area contributed by atoms with E-state index in [4.69, 9.17) is 0 Å². The topological polar surface area (TPSA) is 0 Å². The molecule has 70 valence electrons. The number of fused-ring (bicyclic) bond motifs is 7. The second-order valence-electron chi connectivity index (χ2n) is 5.02. The highest BCUT2D eigenvalue weighted by molar-refractivity contribution is 5.68. The van der Waals surface area contributed by atoms with Crippen LogP contribution in [0.15, 0.2) is 29.8 Å². The Labute approximate surface area is 84.6 Å². The van der Waals surface area contributed by atoms with Gasteiger partial charge in [0.2, 0.25) is 0 Å². The van der Waals surface area contributed by atoms with Gasteiger partial charge in [-0.1, -0.05) is 35.9 Å². The Hall–Kier alpha value is -1.04. The maximum atomic E-state index is 2.48. The van der Waals surface area contributed by atoms with Gasteiger partial charge < -0.3 is 0 Å². The zero-order chi connectivity index (χ0) is 9.12. The van der Waals surface area contributed by atoms with Crippen molar-refractivity contribution in [3.8, 4) is 0 Å². The van der Waals surface area contributed by atoms with E-state index in [1.54, 1.807) is 11.1 Å². The number of hydrogen-bond donors (Lipinski definition) is 0. The summed E-state index contributed by atoms with van der Waals surface area (Å²) in [5.41, 5.74) is 4.89. The molecule has 4 rings (SSSR count). The molecule has 0 heterocycles. The largest absolute Gasteiger partial charge is 0.0619 e. The molecule has 0 N–H and O–H groups in total. The fraction of sp³-hybridized carbons (Fsp3) is 0.429. The minimum absolute atomic E-state index is 0.824. The minimum Gasteiger partial charge on any atom is -0.0619 e. The van der Waals surface area contributed by atoms with Crippen molar-refractivity contribution in [2.75, 3.05) is 0 Å². The van der Waals surface area contributed by atoms with Crippen LogP contribution in [-0.4, -0.2) is 0 Å². The molecule has 0 spiro atoms. The first-order valence-electron chi connectivity index (χ1n) is 5.74. The molecular formula is C14H14. The second-order valence-corrected chi connectivity index (χ2v) is 5.02. The molecule has 3 unspecified atom stereocenters. The van der Waals surface area contributed by atoms with E-state index in [1.807, 2.05) is 0 Å². The molecule has 3 atom stereocenters. The quantitative estimate of drug-likeness (QED) is 0.575. The molecule has 3 aliphatic carbocycles. The van der Waals surface area contributed by atoms with Gasteiger partial charge >= 0.3 is 0 Å². The van der Waals surface area contributed by atoms with Crippen molar-refractivity contribution in [2.24, 2.45) is 11.8 Å². The van der Waals surface area contributed by atoms with Crippen molar-refractivity contribution in [1.82, 2.24) is 0 Å². The Balaban J connectivity index is 1.93. The maximum absolute atomic E-state index is 2.48. The summed E-state index contributed by atoms with van der Waals surface area (Å²) in [7, 11) is 0. The second kappa shape index (κ2) is 2.31. The lowest BCUT2D eigenvalue weighted by molar-refractivity contribution is 0.503. The molecule has 0 nitrogen and oxygen atoms in total. The zero-order valence-corrected chi connectivity index (χ0v) is 8.24. The van der Waals surface area contributed by atoms with Crippen molar-refractivity contribution in [3.63, 3.8) is 0 Å². The Morgan fingerprint density at radius 1 is 1.07 bits per heavy atom. The number of benzene rings is 1. The fourth-order valence-electron chi connectivity index (χ4n) is 3.89. The fourth-order valence-corrected chi connectivity index (χ4v) is 3.89. The van der Waals surface area contributed by atoms with E-state index in [1.165, 1.54) is 24.8 Å². The van der Waals surface area contributed by atoms with Crippen LogP contribution in [0.3, 0.4) is 0 Å². The molecule has 0 amide bonds. The molecule has 2 bridgehead atoms. The van der Waals surface area contributed by atoms with Crippen LogP contribution in [0.25, 0.3) is 6.08 Å². The van der Waals surface area contributed by atoms with Crippen molar-refractivity contribution >= 4 is 6.08 Å². The summed E-state index contributed by atoms with van der Waals surface area (Å²) in [5, 5.41) is 0. The van der Waals surface area contributed by atoms with Gasteiger partial charge in [-0.15, -0.1) is 0 Å². The van der Waals surface area contributed by atoms with Gasteiger partial charge in [0.1, 0.15) is 0 Å². The predicted octanol–water partition coefficient (Wildman–Crippen LogP) is 3.60. The Morgan fingerprint density at radius 3 is 3.00 bits per heavy atom. The van der Waals surface area contributed by atoms with Gasteiger partial charge in [0.15, 0.2) is 0 Å². The van der Waals surface area contributed by atoms with Crippen LogP contribution >= 0.6 is 0 Å². The average Bonchev–Trinajstić information content (AvgIpc) is 2.88. The highest BCUT2D eigenvalue weighted by Gasteiger charge is 2.46. The lowest BCUT2D eigenvalue weighted by Gasteiger charge is -2.21. The van der Waals surface area contributed by atoms with Gasteiger partial charge in [0.05, 0.1) is 0 Å². The first kappa shape index (κ1) is 7.28. The van der Waals surface area contributed by atoms with Gasteiger partial charge in [-0.2, -0.15) is 0 Å². The smallest absolute Gasteiger partial charge is 0.00887 e. The Kier molecular flexibility index (Phi) is 1.20. The van der Waals surface area contributed by atoms with Crippen molar-refractivity contribution < 1.29 is 0 Å². The number of rotatable bonds is 0. The van der Waals surface area contributed by atoms with Crippen molar-refractivity contribution in [1.29, 1.82) is 0 Å². The van der Waals surface area contributed by atoms with E-state index < -0.39 is 0 Å². The summed E-state index contributed by atoms with van der Waals surface area (Å²) < 4.78 is 0. The predicted molar refractivity (Wildman–Crippen MR) is 58.0 cm³/mol. The van der Waals surface area contributed by atoms with Crippen LogP contribution in [0.5, 0.6) is 0 Å². The van der Waals surface area contributed by atoms with Gasteiger partial charge in [-0.25, -0.2) is 0 Å². The van der Waals surface area contributed by atoms with Crippen LogP contribution in [0.4, 0.5) is 0 Å². The molecule has 1 aromatic carbocycles. The monoisotopic (exact) mass is 182 g/mol. The molecule has 2 fully saturated rings. The third-order valence-electron chi connectivity index (χ3n) is 4.43. The van der Waals surface area contributed by atoms with Crippen LogP contribution in [0.1, 0.15) is 36.3 Å². The first-order valence-corrected chi connectivity index (χ1v) is 5.74. The van der Waals surface area contributed by atoms with Gasteiger partial charge in [0.25, 0.3) is 0 Å². The molecule has 14 heavy (non-hydrogen) atoms. The van der Waals surface area contributed by atoms with E-state index in [9.17, 15) is 0 Å². The summed E-state index contributed by atoms with van der Waals surface area (Å²) in [5.74, 6) is 2.75. The van der Waals surface area contributed by atoms with Crippen LogP contribution < -0.4 is 0 Å². The van der Waals surface area contributed by atoms with E-state index in [0.29, 0.717) is 0 Å². The molecule has 0 saturated heterocycles. The number of allylic oxidation sites excluding steroid dienone is 1. The molecule has 0 aromatic heterocycles. The average molecular weight is 182 g/mol. The SMILES string of the molecule is C1=C2C3CCC(C3)C2c2ccccc21. The lowest BCUT2D eigenvalue weighted by atomic mass is 9.83. The molecule has 0 radical (unpaired) electrons. The number of hydrogen-bond acceptors (Lipinski definition) is 0. The van der Waals surface area contributed by atoms with Gasteiger partial charge in [-0.3, -0.25) is 0 Å². The lowest BCUT2D eigenvalue weighted by Crippen LogP contribution is -2.08. The van der Waals surface area contributed by atoms with Gasteiger partial charge in [0, 0.05) is 5.92 Å². The maximum Gasteiger partial charge on any atom is 0.00887 e. The normalized spacial score (nSPS) is 36.9. The molecule has 1 aromatic rings. The molecule has 2 saturated carbocycles. The highest BCUT2D eigenvalue weighted by Crippen LogP contribution is 2.60. The molecule has 3 aliphatic rings. The minimum atomic E-state index is 0.824. The van der Waals surface area contributed by atoms with Crippen molar-refractivity contribution in [3.05, 3.63) is 41.0 Å². The summed E-state index contributed by atoms with van der Waals surface area (Å²) >= 11 is 0. The summed E-state index contributed by atoms with van der Waals surface area (Å²) in [4.78, 5) is 0. The highest BCUT2D eigenvalue weighted by atomic mass is 14.5. The standard InChI is InChI=1S/C14H14/c1-2-4-12-9(3-1)8-13-10-5-6-11(7-10)14(12)13/h1-4,8,10-11,14H,5-7H2. The molecule has 0 aliphatic heterocycles.